The molecule has 0 radical (unpaired) electrons. The highest BCUT2D eigenvalue weighted by Gasteiger charge is 2.11. The lowest BCUT2D eigenvalue weighted by Crippen LogP contribution is -2.33. The molecule has 170 valence electrons. The van der Waals surface area contributed by atoms with Gasteiger partial charge in [-0.25, -0.2) is 4.98 Å². The van der Waals surface area contributed by atoms with E-state index in [0.717, 1.165) is 34.9 Å². The number of carbonyl (C=O) groups is 1. The van der Waals surface area contributed by atoms with Crippen molar-refractivity contribution in [3.05, 3.63) is 69.9 Å². The van der Waals surface area contributed by atoms with E-state index in [4.69, 9.17) is 17.3 Å². The minimum Gasteiger partial charge on any atom is -0.383 e. The minimum atomic E-state index is -0.0391. The predicted octanol–water partition coefficient (Wildman–Crippen LogP) is 4.78. The molecule has 2 heterocycles. The first kappa shape index (κ1) is 23.1. The van der Waals surface area contributed by atoms with Gasteiger partial charge in [-0.1, -0.05) is 35.9 Å². The lowest BCUT2D eigenvalue weighted by Gasteiger charge is -2.26. The number of aromatic nitrogens is 1. The standard InChI is InChI=1S/C27H29ClN4O/c1-19-16-20(7-11-24-25-17-22(28)9-8-21(25)18-31-26(24)29)6-10-23(19)27(33)30-12-5-15-32-13-3-2-4-14-32/h6,8-10,16-18H,2-5,12-15H2,1H3,(H2,29,31)(H,30,33). The molecule has 5 nitrogen and oxygen atoms in total. The lowest BCUT2D eigenvalue weighted by molar-refractivity contribution is 0.0950. The number of nitrogens with two attached hydrogens (primary N) is 1. The molecule has 6 heteroatoms. The summed E-state index contributed by atoms with van der Waals surface area (Å²) in [6.45, 7) is 6.03. The summed E-state index contributed by atoms with van der Waals surface area (Å²) in [7, 11) is 0. The third-order valence-electron chi connectivity index (χ3n) is 6.07. The zero-order chi connectivity index (χ0) is 23.2. The smallest absolute Gasteiger partial charge is 0.251 e. The monoisotopic (exact) mass is 460 g/mol. The Morgan fingerprint density at radius 2 is 1.97 bits per heavy atom. The Bertz CT molecular complexity index is 1220. The zero-order valence-electron chi connectivity index (χ0n) is 19.0. The highest BCUT2D eigenvalue weighted by atomic mass is 35.5. The molecule has 0 saturated carbocycles. The summed E-state index contributed by atoms with van der Waals surface area (Å²) in [6.07, 6.45) is 6.61. The van der Waals surface area contributed by atoms with Crippen LogP contribution in [0.25, 0.3) is 10.8 Å². The Morgan fingerprint density at radius 3 is 2.76 bits per heavy atom. The van der Waals surface area contributed by atoms with Gasteiger partial charge in [0.1, 0.15) is 5.82 Å². The largest absolute Gasteiger partial charge is 0.383 e. The molecule has 0 bridgehead atoms. The van der Waals surface area contributed by atoms with E-state index in [1.54, 1.807) is 6.20 Å². The fourth-order valence-electron chi connectivity index (χ4n) is 4.24. The molecule has 1 saturated heterocycles. The maximum Gasteiger partial charge on any atom is 0.251 e. The van der Waals surface area contributed by atoms with Gasteiger partial charge in [0.25, 0.3) is 5.91 Å². The summed E-state index contributed by atoms with van der Waals surface area (Å²) in [5, 5.41) is 5.48. The Hall–Kier alpha value is -3.07. The van der Waals surface area contributed by atoms with Gasteiger partial charge in [-0.2, -0.15) is 0 Å². The Kier molecular flexibility index (Phi) is 7.49. The van der Waals surface area contributed by atoms with Crippen LogP contribution in [0.2, 0.25) is 5.02 Å². The van der Waals surface area contributed by atoms with Crippen molar-refractivity contribution >= 4 is 34.1 Å². The Balaban J connectivity index is 1.42. The number of amides is 1. The molecule has 0 spiro atoms. The van der Waals surface area contributed by atoms with E-state index in [1.807, 2.05) is 43.3 Å². The van der Waals surface area contributed by atoms with Gasteiger partial charge in [0.2, 0.25) is 0 Å². The Labute approximate surface area is 200 Å². The van der Waals surface area contributed by atoms with Gasteiger partial charge in [-0.15, -0.1) is 0 Å². The van der Waals surface area contributed by atoms with Gasteiger partial charge in [-0.3, -0.25) is 4.79 Å². The highest BCUT2D eigenvalue weighted by molar-refractivity contribution is 6.31. The number of benzene rings is 2. The van der Waals surface area contributed by atoms with Gasteiger partial charge in [0.05, 0.1) is 5.56 Å². The number of anilines is 1. The van der Waals surface area contributed by atoms with Gasteiger partial charge < -0.3 is 16.0 Å². The molecule has 1 aliphatic heterocycles. The molecule has 0 aliphatic carbocycles. The normalized spacial score (nSPS) is 14.0. The first-order valence-corrected chi connectivity index (χ1v) is 11.9. The first-order chi connectivity index (χ1) is 16.0. The number of pyridine rings is 1. The number of nitrogens with zero attached hydrogens (tertiary/aromatic N) is 2. The number of nitrogen functional groups attached to an aromatic ring is 1. The van der Waals surface area contributed by atoms with Crippen molar-refractivity contribution in [2.45, 2.75) is 32.6 Å². The van der Waals surface area contributed by atoms with Gasteiger partial charge in [0.15, 0.2) is 0 Å². The van der Waals surface area contributed by atoms with Gasteiger partial charge in [0, 0.05) is 39.7 Å². The molecule has 3 aromatic rings. The molecule has 0 unspecified atom stereocenters. The molecule has 2 aromatic carbocycles. The molecule has 1 aromatic heterocycles. The fourth-order valence-corrected chi connectivity index (χ4v) is 4.42. The second-order valence-corrected chi connectivity index (χ2v) is 8.98. The summed E-state index contributed by atoms with van der Waals surface area (Å²) in [6, 6.07) is 11.2. The molecule has 1 aliphatic rings. The molecule has 0 atom stereocenters. The van der Waals surface area contributed by atoms with Crippen LogP contribution < -0.4 is 11.1 Å². The second kappa shape index (κ2) is 10.7. The second-order valence-electron chi connectivity index (χ2n) is 8.54. The van der Waals surface area contributed by atoms with Crippen molar-refractivity contribution in [3.8, 4) is 11.8 Å². The third-order valence-corrected chi connectivity index (χ3v) is 6.31. The van der Waals surface area contributed by atoms with Crippen LogP contribution in [0.4, 0.5) is 5.82 Å². The van der Waals surface area contributed by atoms with E-state index < -0.39 is 0 Å². The van der Waals surface area contributed by atoms with Crippen molar-refractivity contribution in [1.82, 2.24) is 15.2 Å². The van der Waals surface area contributed by atoms with E-state index in [9.17, 15) is 4.79 Å². The third kappa shape index (κ3) is 5.84. The molecule has 1 fully saturated rings. The van der Waals surface area contributed by atoms with Crippen molar-refractivity contribution in [1.29, 1.82) is 0 Å². The van der Waals surface area contributed by atoms with Gasteiger partial charge in [-0.05, 0) is 81.7 Å². The average molecular weight is 461 g/mol. The van der Waals surface area contributed by atoms with Crippen molar-refractivity contribution < 1.29 is 4.79 Å². The number of fused-ring (bicyclic) bond motifs is 1. The summed E-state index contributed by atoms with van der Waals surface area (Å²) in [4.78, 5) is 19.4. The highest BCUT2D eigenvalue weighted by Crippen LogP contribution is 2.25. The van der Waals surface area contributed by atoms with Crippen molar-refractivity contribution in [3.63, 3.8) is 0 Å². The van der Waals surface area contributed by atoms with Crippen LogP contribution >= 0.6 is 11.6 Å². The predicted molar refractivity (Wildman–Crippen MR) is 136 cm³/mol. The minimum absolute atomic E-state index is 0.0391. The number of carbonyl (C=O) groups excluding carboxylic acids is 1. The van der Waals surface area contributed by atoms with Crippen LogP contribution in [0.15, 0.2) is 42.6 Å². The van der Waals surface area contributed by atoms with Crippen LogP contribution in [-0.4, -0.2) is 42.0 Å². The van der Waals surface area contributed by atoms with E-state index in [0.29, 0.717) is 28.5 Å². The number of halogens is 1. The number of piperidine rings is 1. The number of rotatable bonds is 5. The van der Waals surface area contributed by atoms with Crippen LogP contribution in [-0.2, 0) is 0 Å². The molecule has 3 N–H and O–H groups in total. The van der Waals surface area contributed by atoms with Crippen molar-refractivity contribution in [2.24, 2.45) is 0 Å². The average Bonchev–Trinajstić information content (AvgIpc) is 2.82. The summed E-state index contributed by atoms with van der Waals surface area (Å²) in [5.74, 6) is 6.64. The Morgan fingerprint density at radius 1 is 1.15 bits per heavy atom. The van der Waals surface area contributed by atoms with Crippen LogP contribution in [0.5, 0.6) is 0 Å². The SMILES string of the molecule is Cc1cc(C#Cc2c(N)ncc3ccc(Cl)cc23)ccc1C(=O)NCCCN1CCCCC1. The number of nitrogens with one attached hydrogen (secondary N) is 1. The number of likely N-dealkylation sites (tertiary alicyclic amines) is 1. The zero-order valence-corrected chi connectivity index (χ0v) is 19.7. The number of hydrogen-bond acceptors (Lipinski definition) is 4. The van der Waals surface area contributed by atoms with E-state index >= 15 is 0 Å². The number of aryl methyl sites for hydroxylation is 1. The van der Waals surface area contributed by atoms with Crippen LogP contribution in [0.3, 0.4) is 0 Å². The fraction of sp³-hybridized carbons (Fsp3) is 0.333. The molecular formula is C27H29ClN4O. The quantitative estimate of drug-likeness (QED) is 0.424. The molecule has 1 amide bonds. The van der Waals surface area contributed by atoms with Gasteiger partial charge >= 0.3 is 0 Å². The van der Waals surface area contributed by atoms with Crippen LogP contribution in [0.1, 0.15) is 52.7 Å². The molecule has 33 heavy (non-hydrogen) atoms. The van der Waals surface area contributed by atoms with E-state index in [2.05, 4.69) is 27.0 Å². The maximum absolute atomic E-state index is 12.6. The molecule has 4 rings (SSSR count). The first-order valence-electron chi connectivity index (χ1n) is 11.5. The summed E-state index contributed by atoms with van der Waals surface area (Å²) in [5.41, 5.74) is 9.12. The van der Waals surface area contributed by atoms with E-state index in [-0.39, 0.29) is 5.91 Å². The summed E-state index contributed by atoms with van der Waals surface area (Å²) >= 11 is 6.16. The van der Waals surface area contributed by atoms with Crippen LogP contribution in [0, 0.1) is 18.8 Å². The maximum atomic E-state index is 12.6. The lowest BCUT2D eigenvalue weighted by atomic mass is 10.0. The van der Waals surface area contributed by atoms with Crippen molar-refractivity contribution in [2.75, 3.05) is 31.9 Å². The summed E-state index contributed by atoms with van der Waals surface area (Å²) < 4.78 is 0. The van der Waals surface area contributed by atoms with E-state index in [1.165, 1.54) is 32.4 Å². The molecular weight excluding hydrogens is 432 g/mol. The topological polar surface area (TPSA) is 71.2 Å². The number of hydrogen-bond donors (Lipinski definition) is 2.